The first kappa shape index (κ1) is 14.1. The van der Waals surface area contributed by atoms with Gasteiger partial charge in [0.05, 0.1) is 6.21 Å². The summed E-state index contributed by atoms with van der Waals surface area (Å²) < 4.78 is 0. The number of fused-ring (bicyclic) bond motifs is 3. The maximum absolute atomic E-state index is 12.5. The van der Waals surface area contributed by atoms with Crippen molar-refractivity contribution in [3.05, 3.63) is 64.4 Å². The Bertz CT molecular complexity index is 1110. The van der Waals surface area contributed by atoms with Gasteiger partial charge in [-0.05, 0) is 29.0 Å². The van der Waals surface area contributed by atoms with E-state index >= 15 is 0 Å². The Hall–Kier alpha value is -3.48. The van der Waals surface area contributed by atoms with Gasteiger partial charge in [-0.25, -0.2) is 0 Å². The van der Waals surface area contributed by atoms with Crippen LogP contribution in [0.4, 0.5) is 5.69 Å². The monoisotopic (exact) mass is 318 g/mol. The average Bonchev–Trinajstić information content (AvgIpc) is 3.01. The van der Waals surface area contributed by atoms with Gasteiger partial charge in [-0.1, -0.05) is 35.1 Å². The first-order chi connectivity index (χ1) is 11.8. The Morgan fingerprint density at radius 3 is 2.75 bits per heavy atom. The van der Waals surface area contributed by atoms with E-state index in [1.54, 1.807) is 6.21 Å². The second-order valence-electron chi connectivity index (χ2n) is 5.29. The third-order valence-electron chi connectivity index (χ3n) is 3.82. The Morgan fingerprint density at radius 1 is 1.17 bits per heavy atom. The fraction of sp³-hybridized carbons (Fsp3) is 0.0588. The Balaban J connectivity index is 1.76. The summed E-state index contributed by atoms with van der Waals surface area (Å²) in [6, 6.07) is 15.2. The number of H-pyrrole nitrogens is 1. The topological polar surface area (TPSA) is 88.0 Å². The average molecular weight is 318 g/mol. The number of aromatic amines is 1. The van der Waals surface area contributed by atoms with Crippen molar-refractivity contribution in [2.24, 2.45) is 5.10 Å². The van der Waals surface area contributed by atoms with Crippen molar-refractivity contribution in [1.82, 2.24) is 20.1 Å². The van der Waals surface area contributed by atoms with Crippen LogP contribution < -0.4 is 10.9 Å². The van der Waals surface area contributed by atoms with E-state index in [0.29, 0.717) is 11.0 Å². The lowest BCUT2D eigenvalue weighted by atomic mass is 10.2. The first-order valence-corrected chi connectivity index (χ1v) is 7.45. The van der Waals surface area contributed by atoms with Crippen molar-refractivity contribution in [2.45, 2.75) is 0 Å². The molecule has 118 valence electrons. The highest BCUT2D eigenvalue weighted by molar-refractivity contribution is 6.04. The molecule has 0 bridgehead atoms. The van der Waals surface area contributed by atoms with Crippen molar-refractivity contribution >= 4 is 33.8 Å². The first-order valence-electron chi connectivity index (χ1n) is 7.45. The van der Waals surface area contributed by atoms with Crippen molar-refractivity contribution in [3.63, 3.8) is 0 Å². The molecule has 4 rings (SSSR count). The zero-order valence-electron chi connectivity index (χ0n) is 12.9. The van der Waals surface area contributed by atoms with Crippen LogP contribution in [0.2, 0.25) is 0 Å². The summed E-state index contributed by atoms with van der Waals surface area (Å²) in [5.74, 6) is 0. The molecule has 7 heteroatoms. The number of para-hydroxylation sites is 1. The van der Waals surface area contributed by atoms with E-state index in [2.05, 4.69) is 25.7 Å². The Morgan fingerprint density at radius 2 is 1.96 bits per heavy atom. The molecule has 0 aliphatic carbocycles. The molecule has 2 heterocycles. The molecule has 7 nitrogen and oxygen atoms in total. The minimum atomic E-state index is -0.334. The van der Waals surface area contributed by atoms with Gasteiger partial charge in [0.15, 0.2) is 0 Å². The number of nitrogens with one attached hydrogen (secondary N) is 2. The van der Waals surface area contributed by atoms with Crippen LogP contribution in [0.5, 0.6) is 0 Å². The number of hydrogen-bond donors (Lipinski definition) is 2. The molecule has 0 unspecified atom stereocenters. The van der Waals surface area contributed by atoms with E-state index in [0.717, 1.165) is 26.9 Å². The fourth-order valence-corrected chi connectivity index (χ4v) is 2.55. The second-order valence-corrected chi connectivity index (χ2v) is 5.29. The molecule has 2 aromatic heterocycles. The lowest BCUT2D eigenvalue weighted by Gasteiger charge is -1.99. The third kappa shape index (κ3) is 2.32. The normalized spacial score (nSPS) is 11.5. The van der Waals surface area contributed by atoms with E-state index in [4.69, 9.17) is 0 Å². The van der Waals surface area contributed by atoms with Gasteiger partial charge in [0.1, 0.15) is 11.0 Å². The molecule has 0 aliphatic rings. The molecule has 4 aromatic rings. The zero-order valence-corrected chi connectivity index (χ0v) is 12.9. The quantitative estimate of drug-likeness (QED) is 0.567. The van der Waals surface area contributed by atoms with Gasteiger partial charge >= 0.3 is 5.56 Å². The Kier molecular flexibility index (Phi) is 3.31. The number of rotatable bonds is 3. The molecule has 2 aromatic carbocycles. The van der Waals surface area contributed by atoms with Crippen molar-refractivity contribution < 1.29 is 0 Å². The summed E-state index contributed by atoms with van der Waals surface area (Å²) in [7, 11) is 1.85. The van der Waals surface area contributed by atoms with Gasteiger partial charge in [-0.15, -0.1) is 5.10 Å². The SMILES string of the molecule is CNc1ccc(/C=N/n2nnc3c([nH]c4ccccc43)c2=O)cc1. The van der Waals surface area contributed by atoms with Gasteiger partial charge in [-0.3, -0.25) is 4.79 Å². The van der Waals surface area contributed by atoms with Crippen LogP contribution >= 0.6 is 0 Å². The van der Waals surface area contributed by atoms with E-state index in [1.807, 2.05) is 55.6 Å². The van der Waals surface area contributed by atoms with Crippen LogP contribution in [0.25, 0.3) is 21.9 Å². The molecule has 0 radical (unpaired) electrons. The van der Waals surface area contributed by atoms with E-state index in [1.165, 1.54) is 0 Å². The standard InChI is InChI=1S/C17H14N6O/c1-18-12-8-6-11(7-9-12)10-19-23-17(24)16-15(21-22-23)13-4-2-3-5-14(13)20-16/h2-10,18,20H,1H3/b19-10+. The molecule has 0 amide bonds. The minimum Gasteiger partial charge on any atom is -0.388 e. The summed E-state index contributed by atoms with van der Waals surface area (Å²) in [5, 5.41) is 16.1. The molecular weight excluding hydrogens is 304 g/mol. The molecule has 0 aliphatic heterocycles. The molecule has 0 saturated heterocycles. The largest absolute Gasteiger partial charge is 0.388 e. The maximum atomic E-state index is 12.5. The molecule has 0 saturated carbocycles. The molecule has 2 N–H and O–H groups in total. The highest BCUT2D eigenvalue weighted by Gasteiger charge is 2.10. The highest BCUT2D eigenvalue weighted by atomic mass is 16.1. The third-order valence-corrected chi connectivity index (χ3v) is 3.82. The minimum absolute atomic E-state index is 0.334. The summed E-state index contributed by atoms with van der Waals surface area (Å²) >= 11 is 0. The smallest absolute Gasteiger partial charge is 0.315 e. The van der Waals surface area contributed by atoms with Gasteiger partial charge < -0.3 is 10.3 Å². The number of anilines is 1. The van der Waals surface area contributed by atoms with Crippen LogP contribution in [0, 0.1) is 0 Å². The lowest BCUT2D eigenvalue weighted by molar-refractivity contribution is 0.640. The van der Waals surface area contributed by atoms with Crippen LogP contribution in [-0.2, 0) is 0 Å². The summed E-state index contributed by atoms with van der Waals surface area (Å²) in [6.45, 7) is 0. The highest BCUT2D eigenvalue weighted by Crippen LogP contribution is 2.19. The molecule has 24 heavy (non-hydrogen) atoms. The number of nitrogens with zero attached hydrogens (tertiary/aromatic N) is 4. The van der Waals surface area contributed by atoms with Gasteiger partial charge in [-0.2, -0.15) is 5.10 Å². The van der Waals surface area contributed by atoms with Gasteiger partial charge in [0.25, 0.3) is 0 Å². The van der Waals surface area contributed by atoms with Gasteiger partial charge in [0, 0.05) is 23.6 Å². The lowest BCUT2D eigenvalue weighted by Crippen LogP contribution is -2.20. The predicted molar refractivity (Wildman–Crippen MR) is 94.6 cm³/mol. The van der Waals surface area contributed by atoms with Crippen LogP contribution in [0.1, 0.15) is 5.56 Å². The van der Waals surface area contributed by atoms with Crippen molar-refractivity contribution in [1.29, 1.82) is 0 Å². The molecule has 0 atom stereocenters. The Labute approximate surface area is 136 Å². The summed E-state index contributed by atoms with van der Waals surface area (Å²) in [4.78, 5) is 16.6. The number of aromatic nitrogens is 4. The van der Waals surface area contributed by atoms with E-state index < -0.39 is 0 Å². The van der Waals surface area contributed by atoms with Crippen molar-refractivity contribution in [3.8, 4) is 0 Å². The van der Waals surface area contributed by atoms with Gasteiger partial charge in [0.2, 0.25) is 0 Å². The predicted octanol–water partition coefficient (Wildman–Crippen LogP) is 2.20. The van der Waals surface area contributed by atoms with Crippen molar-refractivity contribution in [2.75, 3.05) is 12.4 Å². The van der Waals surface area contributed by atoms with E-state index in [-0.39, 0.29) is 5.56 Å². The molecule has 0 fully saturated rings. The van der Waals surface area contributed by atoms with Crippen LogP contribution in [-0.4, -0.2) is 33.3 Å². The maximum Gasteiger partial charge on any atom is 0.315 e. The number of benzene rings is 2. The molecular formula is C17H14N6O. The fourth-order valence-electron chi connectivity index (χ4n) is 2.55. The van der Waals surface area contributed by atoms with Crippen LogP contribution in [0.15, 0.2) is 58.4 Å². The molecule has 0 spiro atoms. The number of hydrogen-bond acceptors (Lipinski definition) is 5. The zero-order chi connectivity index (χ0) is 16.5. The van der Waals surface area contributed by atoms with E-state index in [9.17, 15) is 4.79 Å². The summed E-state index contributed by atoms with van der Waals surface area (Å²) in [6.07, 6.45) is 1.57. The summed E-state index contributed by atoms with van der Waals surface area (Å²) in [5.41, 5.74) is 3.33. The van der Waals surface area contributed by atoms with Crippen LogP contribution in [0.3, 0.4) is 0 Å². The second kappa shape index (κ2) is 5.62.